The van der Waals surface area contributed by atoms with Gasteiger partial charge in [0.15, 0.2) is 0 Å². The van der Waals surface area contributed by atoms with Crippen LogP contribution in [0.15, 0.2) is 57.7 Å². The van der Waals surface area contributed by atoms with Gasteiger partial charge in [0, 0.05) is 36.5 Å². The molecule has 5 nitrogen and oxygen atoms in total. The van der Waals surface area contributed by atoms with Crippen molar-refractivity contribution in [1.82, 2.24) is 10.4 Å². The average molecular weight is 335 g/mol. The third-order valence-electron chi connectivity index (χ3n) is 4.34. The largest absolute Gasteiger partial charge is 0.346 e. The minimum atomic E-state index is 0.628. The summed E-state index contributed by atoms with van der Waals surface area (Å²) >= 11 is 0. The molecule has 0 saturated heterocycles. The van der Waals surface area contributed by atoms with Crippen molar-refractivity contribution >= 4 is 17.6 Å². The molecule has 0 aromatic carbocycles. The number of hydrogen-bond donors (Lipinski definition) is 2. The van der Waals surface area contributed by atoms with E-state index >= 15 is 0 Å². The summed E-state index contributed by atoms with van der Waals surface area (Å²) in [5.74, 6) is 0.939. The fraction of sp³-hybridized carbons (Fsp3) is 0.350. The van der Waals surface area contributed by atoms with Gasteiger partial charge < -0.3 is 4.98 Å². The monoisotopic (exact) mass is 335 g/mol. The van der Waals surface area contributed by atoms with Crippen LogP contribution in [0.25, 0.3) is 6.08 Å². The van der Waals surface area contributed by atoms with Crippen LogP contribution in [-0.2, 0) is 6.42 Å². The Morgan fingerprint density at radius 1 is 1.40 bits per heavy atom. The minimum Gasteiger partial charge on any atom is -0.346 e. The predicted octanol–water partition coefficient (Wildman–Crippen LogP) is 2.19. The Labute approximate surface area is 148 Å². The van der Waals surface area contributed by atoms with Gasteiger partial charge in [0.05, 0.1) is 6.54 Å². The topological polar surface area (TPSA) is 64.9 Å². The maximum absolute atomic E-state index is 4.61. The van der Waals surface area contributed by atoms with Gasteiger partial charge in [-0.25, -0.2) is 0 Å². The van der Waals surface area contributed by atoms with Gasteiger partial charge in [-0.05, 0) is 30.9 Å². The third-order valence-corrected chi connectivity index (χ3v) is 4.34. The standard InChI is InChI=1S/C20H25N5/c1-3-5-7-15(4-2)13-22-19-10-9-17(24-25-19)12-16-14-23-20-18(16)8-6-11-21-20/h3-5,7-8,14H,2,6,9-13H2,1H3,(H,21,23)(H,22,25)/b5-3-,15-7+. The van der Waals surface area contributed by atoms with E-state index in [1.165, 1.54) is 10.8 Å². The molecule has 0 amide bonds. The van der Waals surface area contributed by atoms with Crippen LogP contribution in [0.3, 0.4) is 0 Å². The van der Waals surface area contributed by atoms with Crippen molar-refractivity contribution < 1.29 is 0 Å². The average Bonchev–Trinajstić information content (AvgIpc) is 3.06. The van der Waals surface area contributed by atoms with Crippen LogP contribution in [0.4, 0.5) is 0 Å². The second kappa shape index (κ2) is 8.42. The fourth-order valence-electron chi connectivity index (χ4n) is 2.93. The first-order valence-electron chi connectivity index (χ1n) is 8.80. The molecule has 1 aromatic rings. The first-order chi connectivity index (χ1) is 12.3. The molecule has 0 bridgehead atoms. The summed E-state index contributed by atoms with van der Waals surface area (Å²) in [7, 11) is 0. The lowest BCUT2D eigenvalue weighted by Crippen LogP contribution is -2.31. The third kappa shape index (κ3) is 4.44. The fourth-order valence-corrected chi connectivity index (χ4v) is 2.93. The number of aromatic amines is 1. The van der Waals surface area contributed by atoms with Crippen molar-refractivity contribution in [3.05, 3.63) is 58.9 Å². The summed E-state index contributed by atoms with van der Waals surface area (Å²) in [6, 6.07) is 0. The van der Waals surface area contributed by atoms with Gasteiger partial charge >= 0.3 is 0 Å². The molecule has 2 N–H and O–H groups in total. The number of nitrogens with zero attached hydrogens (tertiary/aromatic N) is 3. The lowest BCUT2D eigenvalue weighted by Gasteiger charge is -2.15. The van der Waals surface area contributed by atoms with E-state index in [-0.39, 0.29) is 0 Å². The molecular formula is C20H25N5. The molecule has 0 atom stereocenters. The normalized spacial score (nSPS) is 19.0. The van der Waals surface area contributed by atoms with Crippen molar-refractivity contribution in [3.63, 3.8) is 0 Å². The molecule has 1 aromatic heterocycles. The SMILES string of the molecule is C=C/C(=C\C=C/C)CN=C1CCC(Cc2c[nH]c3c2=CCCN=3)=NN1. The molecule has 0 spiro atoms. The van der Waals surface area contributed by atoms with E-state index in [2.05, 4.69) is 44.3 Å². The van der Waals surface area contributed by atoms with Crippen molar-refractivity contribution in [2.75, 3.05) is 13.1 Å². The van der Waals surface area contributed by atoms with Crippen molar-refractivity contribution in [3.8, 4) is 0 Å². The highest BCUT2D eigenvalue weighted by atomic mass is 15.3. The highest BCUT2D eigenvalue weighted by Crippen LogP contribution is 2.07. The number of allylic oxidation sites excluding steroid dienone is 3. The molecule has 5 heteroatoms. The van der Waals surface area contributed by atoms with Gasteiger partial charge in [-0.2, -0.15) is 5.10 Å². The lowest BCUT2D eigenvalue weighted by atomic mass is 10.0. The zero-order valence-corrected chi connectivity index (χ0v) is 14.8. The number of hydrazone groups is 1. The van der Waals surface area contributed by atoms with E-state index in [0.717, 1.165) is 54.8 Å². The van der Waals surface area contributed by atoms with Gasteiger partial charge in [-0.3, -0.25) is 15.4 Å². The molecule has 2 aliphatic heterocycles. The molecule has 25 heavy (non-hydrogen) atoms. The predicted molar refractivity (Wildman–Crippen MR) is 104 cm³/mol. The number of fused-ring (bicyclic) bond motifs is 1. The lowest BCUT2D eigenvalue weighted by molar-refractivity contribution is 0.872. The molecule has 130 valence electrons. The van der Waals surface area contributed by atoms with E-state index in [0.29, 0.717) is 6.54 Å². The molecule has 3 rings (SSSR count). The highest BCUT2D eigenvalue weighted by Gasteiger charge is 2.13. The van der Waals surface area contributed by atoms with Crippen molar-refractivity contribution in [2.45, 2.75) is 32.6 Å². The van der Waals surface area contributed by atoms with E-state index < -0.39 is 0 Å². The number of rotatable bonds is 6. The van der Waals surface area contributed by atoms with Crippen LogP contribution in [0, 0.1) is 0 Å². The van der Waals surface area contributed by atoms with Crippen LogP contribution in [0.2, 0.25) is 0 Å². The van der Waals surface area contributed by atoms with Crippen molar-refractivity contribution in [2.24, 2.45) is 15.1 Å². The number of aromatic nitrogens is 1. The van der Waals surface area contributed by atoms with Crippen LogP contribution >= 0.6 is 0 Å². The number of hydrogen-bond acceptors (Lipinski definition) is 3. The van der Waals surface area contributed by atoms with Gasteiger partial charge in [0.2, 0.25) is 0 Å². The van der Waals surface area contributed by atoms with Crippen LogP contribution in [-0.4, -0.2) is 29.6 Å². The minimum absolute atomic E-state index is 0.628. The van der Waals surface area contributed by atoms with Gasteiger partial charge in [-0.1, -0.05) is 37.0 Å². The molecule has 0 saturated carbocycles. The van der Waals surface area contributed by atoms with Gasteiger partial charge in [-0.15, -0.1) is 0 Å². The summed E-state index contributed by atoms with van der Waals surface area (Å²) in [5.41, 5.74) is 7.66. The highest BCUT2D eigenvalue weighted by molar-refractivity contribution is 5.95. The Morgan fingerprint density at radius 3 is 3.08 bits per heavy atom. The second-order valence-electron chi connectivity index (χ2n) is 6.15. The van der Waals surface area contributed by atoms with Crippen LogP contribution < -0.4 is 16.1 Å². The summed E-state index contributed by atoms with van der Waals surface area (Å²) in [4.78, 5) is 12.4. The maximum Gasteiger partial charge on any atom is 0.132 e. The zero-order valence-electron chi connectivity index (χ0n) is 14.8. The number of amidine groups is 1. The Hall–Kier alpha value is -2.69. The molecule has 2 aliphatic rings. The van der Waals surface area contributed by atoms with E-state index in [1.54, 1.807) is 0 Å². The number of nitrogens with one attached hydrogen (secondary N) is 2. The first-order valence-corrected chi connectivity index (χ1v) is 8.80. The first kappa shape index (κ1) is 17.1. The molecule has 0 fully saturated rings. The summed E-state index contributed by atoms with van der Waals surface area (Å²) in [5, 5.41) is 5.77. The molecule has 0 radical (unpaired) electrons. The van der Waals surface area contributed by atoms with E-state index in [1.807, 2.05) is 31.2 Å². The maximum atomic E-state index is 4.61. The Morgan fingerprint density at radius 2 is 2.32 bits per heavy atom. The van der Waals surface area contributed by atoms with Gasteiger partial charge in [0.25, 0.3) is 0 Å². The summed E-state index contributed by atoms with van der Waals surface area (Å²) in [6.45, 7) is 7.34. The van der Waals surface area contributed by atoms with E-state index in [4.69, 9.17) is 0 Å². The quantitative estimate of drug-likeness (QED) is 0.769. The van der Waals surface area contributed by atoms with Crippen LogP contribution in [0.1, 0.15) is 31.7 Å². The second-order valence-corrected chi connectivity index (χ2v) is 6.15. The van der Waals surface area contributed by atoms with E-state index in [9.17, 15) is 0 Å². The summed E-state index contributed by atoms with van der Waals surface area (Å²) in [6.07, 6.45) is 15.9. The van der Waals surface area contributed by atoms with Crippen molar-refractivity contribution in [1.29, 1.82) is 0 Å². The molecule has 3 heterocycles. The molecule has 0 unspecified atom stereocenters. The summed E-state index contributed by atoms with van der Waals surface area (Å²) < 4.78 is 0. The Balaban J connectivity index is 1.62. The molecular weight excluding hydrogens is 310 g/mol. The number of aliphatic imine (C=N–C) groups is 1. The Kier molecular flexibility index (Phi) is 5.77. The Bertz CT molecular complexity index is 864. The smallest absolute Gasteiger partial charge is 0.132 e. The molecule has 0 aliphatic carbocycles. The number of H-pyrrole nitrogens is 1. The van der Waals surface area contributed by atoms with Gasteiger partial charge in [0.1, 0.15) is 11.3 Å². The zero-order chi connectivity index (χ0) is 17.5. The van der Waals surface area contributed by atoms with Crippen LogP contribution in [0.5, 0.6) is 0 Å².